The lowest BCUT2D eigenvalue weighted by atomic mass is 10.3. The number of carbonyl (C=O) groups is 1. The van der Waals surface area contributed by atoms with Gasteiger partial charge in [-0.2, -0.15) is 0 Å². The number of carbonyl (C=O) groups excluding carboxylic acids is 1. The molecule has 0 fully saturated rings. The number of methoxy groups -OCH3 is 1. The highest BCUT2D eigenvalue weighted by molar-refractivity contribution is 7.12. The highest BCUT2D eigenvalue weighted by Gasteiger charge is 2.11. The molecule has 0 spiro atoms. The molecule has 0 atom stereocenters. The van der Waals surface area contributed by atoms with Crippen LogP contribution >= 0.6 is 11.3 Å². The van der Waals surface area contributed by atoms with Crippen LogP contribution in [0.3, 0.4) is 0 Å². The smallest absolute Gasteiger partial charge is 0.265 e. The first-order valence-electron chi connectivity index (χ1n) is 7.56. The second kappa shape index (κ2) is 7.81. The van der Waals surface area contributed by atoms with Crippen molar-refractivity contribution in [1.29, 1.82) is 0 Å². The van der Waals surface area contributed by atoms with Crippen molar-refractivity contribution in [2.45, 2.75) is 6.61 Å². The van der Waals surface area contributed by atoms with Crippen LogP contribution in [0.4, 0.5) is 10.1 Å². The molecule has 1 amide bonds. The van der Waals surface area contributed by atoms with Crippen molar-refractivity contribution in [3.63, 3.8) is 0 Å². The van der Waals surface area contributed by atoms with E-state index in [1.54, 1.807) is 55.6 Å². The van der Waals surface area contributed by atoms with Gasteiger partial charge >= 0.3 is 0 Å². The number of thiophene rings is 1. The predicted octanol–water partition coefficient (Wildman–Crippen LogP) is 4.73. The molecule has 0 saturated heterocycles. The third kappa shape index (κ3) is 4.36. The predicted molar refractivity (Wildman–Crippen MR) is 96.0 cm³/mol. The molecular weight excluding hydrogens is 341 g/mol. The van der Waals surface area contributed by atoms with Crippen LogP contribution in [0, 0.1) is 5.82 Å². The molecule has 0 aliphatic rings. The molecule has 1 heterocycles. The summed E-state index contributed by atoms with van der Waals surface area (Å²) in [6.45, 7) is 0.202. The summed E-state index contributed by atoms with van der Waals surface area (Å²) in [7, 11) is 1.59. The first-order chi connectivity index (χ1) is 12.2. The van der Waals surface area contributed by atoms with E-state index in [1.165, 1.54) is 17.4 Å². The van der Waals surface area contributed by atoms with Crippen LogP contribution in [-0.2, 0) is 6.61 Å². The number of ether oxygens (including phenoxy) is 2. The van der Waals surface area contributed by atoms with Crippen molar-refractivity contribution in [2.24, 2.45) is 0 Å². The van der Waals surface area contributed by atoms with Crippen LogP contribution in [0.25, 0.3) is 0 Å². The molecule has 0 aliphatic heterocycles. The summed E-state index contributed by atoms with van der Waals surface area (Å²) in [6, 6.07) is 15.1. The molecule has 3 rings (SSSR count). The van der Waals surface area contributed by atoms with Crippen LogP contribution in [0.15, 0.2) is 60.0 Å². The number of benzene rings is 2. The third-order valence-electron chi connectivity index (χ3n) is 3.46. The molecule has 6 heteroatoms. The normalized spacial score (nSPS) is 10.3. The number of rotatable bonds is 6. The van der Waals surface area contributed by atoms with Crippen LogP contribution < -0.4 is 14.8 Å². The van der Waals surface area contributed by atoms with Gasteiger partial charge in [0.2, 0.25) is 0 Å². The van der Waals surface area contributed by atoms with Gasteiger partial charge in [0, 0.05) is 11.3 Å². The van der Waals surface area contributed by atoms with Crippen molar-refractivity contribution < 1.29 is 18.7 Å². The minimum atomic E-state index is -0.407. The van der Waals surface area contributed by atoms with Gasteiger partial charge in [0.1, 0.15) is 12.4 Å². The Hall–Kier alpha value is -2.86. The number of nitrogens with one attached hydrogen (secondary N) is 1. The van der Waals surface area contributed by atoms with E-state index in [0.717, 1.165) is 11.3 Å². The van der Waals surface area contributed by atoms with Crippen LogP contribution in [-0.4, -0.2) is 13.0 Å². The van der Waals surface area contributed by atoms with E-state index < -0.39 is 5.82 Å². The summed E-state index contributed by atoms with van der Waals surface area (Å²) in [5.74, 6) is 0.308. The fraction of sp³-hybridized carbons (Fsp3) is 0.105. The Labute approximate surface area is 148 Å². The zero-order valence-corrected chi connectivity index (χ0v) is 14.3. The molecule has 0 radical (unpaired) electrons. The Morgan fingerprint density at radius 2 is 1.92 bits per heavy atom. The lowest BCUT2D eigenvalue weighted by Gasteiger charge is -2.05. The van der Waals surface area contributed by atoms with Gasteiger partial charge in [-0.05, 0) is 47.8 Å². The highest BCUT2D eigenvalue weighted by atomic mass is 32.1. The summed E-state index contributed by atoms with van der Waals surface area (Å²) in [6.07, 6.45) is 0. The quantitative estimate of drug-likeness (QED) is 0.694. The molecule has 1 N–H and O–H groups in total. The van der Waals surface area contributed by atoms with Crippen LogP contribution in [0.1, 0.15) is 15.2 Å². The Morgan fingerprint density at radius 1 is 1.16 bits per heavy atom. The average Bonchev–Trinajstić information content (AvgIpc) is 3.11. The van der Waals surface area contributed by atoms with Gasteiger partial charge in [-0.3, -0.25) is 4.79 Å². The fourth-order valence-electron chi connectivity index (χ4n) is 2.16. The Bertz CT molecular complexity index is 861. The average molecular weight is 357 g/mol. The van der Waals surface area contributed by atoms with Crippen molar-refractivity contribution in [3.05, 3.63) is 76.2 Å². The van der Waals surface area contributed by atoms with E-state index in [4.69, 9.17) is 9.47 Å². The largest absolute Gasteiger partial charge is 0.497 e. The number of hydrogen-bond donors (Lipinski definition) is 1. The zero-order chi connectivity index (χ0) is 17.6. The van der Waals surface area contributed by atoms with Crippen molar-refractivity contribution in [1.82, 2.24) is 0 Å². The second-order valence-electron chi connectivity index (χ2n) is 5.22. The summed E-state index contributed by atoms with van der Waals surface area (Å²) in [4.78, 5) is 12.8. The van der Waals surface area contributed by atoms with Crippen molar-refractivity contribution >= 4 is 22.9 Å². The lowest BCUT2D eigenvalue weighted by Crippen LogP contribution is -2.10. The summed E-state index contributed by atoms with van der Waals surface area (Å²) in [5.41, 5.74) is 1.50. The van der Waals surface area contributed by atoms with E-state index in [9.17, 15) is 9.18 Å². The van der Waals surface area contributed by atoms with E-state index in [0.29, 0.717) is 10.6 Å². The molecule has 0 unspecified atom stereocenters. The Morgan fingerprint density at radius 3 is 2.64 bits per heavy atom. The first kappa shape index (κ1) is 17.0. The summed E-state index contributed by atoms with van der Waals surface area (Å²) < 4.78 is 24.1. The van der Waals surface area contributed by atoms with Gasteiger partial charge in [-0.1, -0.05) is 12.1 Å². The number of anilines is 1. The SMILES string of the molecule is COc1ccc(NC(=O)c2cc(COc3ccccc3F)cs2)cc1. The monoisotopic (exact) mass is 357 g/mol. The van der Waals surface area contributed by atoms with Gasteiger partial charge in [0.15, 0.2) is 11.6 Å². The number of amides is 1. The molecular formula is C19H16FNO3S. The van der Waals surface area contributed by atoms with Crippen LogP contribution in [0.2, 0.25) is 0 Å². The second-order valence-corrected chi connectivity index (χ2v) is 6.13. The number of halogens is 1. The maximum absolute atomic E-state index is 13.5. The molecule has 1 aromatic heterocycles. The van der Waals surface area contributed by atoms with E-state index in [-0.39, 0.29) is 18.3 Å². The number of para-hydroxylation sites is 1. The topological polar surface area (TPSA) is 47.6 Å². The van der Waals surface area contributed by atoms with Gasteiger partial charge in [-0.25, -0.2) is 4.39 Å². The molecule has 0 saturated carbocycles. The van der Waals surface area contributed by atoms with Crippen molar-refractivity contribution in [2.75, 3.05) is 12.4 Å². The summed E-state index contributed by atoms with van der Waals surface area (Å²) in [5, 5.41) is 4.64. The molecule has 3 aromatic rings. The molecule has 128 valence electrons. The van der Waals surface area contributed by atoms with Gasteiger partial charge < -0.3 is 14.8 Å². The first-order valence-corrected chi connectivity index (χ1v) is 8.44. The van der Waals surface area contributed by atoms with Gasteiger partial charge in [0.25, 0.3) is 5.91 Å². The lowest BCUT2D eigenvalue weighted by molar-refractivity contribution is 0.103. The zero-order valence-electron chi connectivity index (χ0n) is 13.5. The number of hydrogen-bond acceptors (Lipinski definition) is 4. The summed E-state index contributed by atoms with van der Waals surface area (Å²) >= 11 is 1.31. The third-order valence-corrected chi connectivity index (χ3v) is 4.43. The Balaban J connectivity index is 1.60. The minimum absolute atomic E-state index is 0.193. The molecule has 0 aliphatic carbocycles. The molecule has 0 bridgehead atoms. The van der Waals surface area contributed by atoms with Crippen LogP contribution in [0.5, 0.6) is 11.5 Å². The van der Waals surface area contributed by atoms with Gasteiger partial charge in [0.05, 0.1) is 12.0 Å². The maximum Gasteiger partial charge on any atom is 0.265 e. The van der Waals surface area contributed by atoms with E-state index in [2.05, 4.69) is 5.32 Å². The highest BCUT2D eigenvalue weighted by Crippen LogP contribution is 2.21. The maximum atomic E-state index is 13.5. The molecule has 4 nitrogen and oxygen atoms in total. The Kier molecular flexibility index (Phi) is 5.30. The van der Waals surface area contributed by atoms with E-state index in [1.807, 2.05) is 5.38 Å². The van der Waals surface area contributed by atoms with Gasteiger partial charge in [-0.15, -0.1) is 11.3 Å². The fourth-order valence-corrected chi connectivity index (χ4v) is 2.95. The van der Waals surface area contributed by atoms with E-state index >= 15 is 0 Å². The molecule has 2 aromatic carbocycles. The van der Waals surface area contributed by atoms with Crippen molar-refractivity contribution in [3.8, 4) is 11.5 Å². The standard InChI is InChI=1S/C19H16FNO3S/c1-23-15-8-6-14(7-9-15)21-19(22)18-10-13(12-25-18)11-24-17-5-3-2-4-16(17)20/h2-10,12H,11H2,1H3,(H,21,22). The molecule has 25 heavy (non-hydrogen) atoms. The minimum Gasteiger partial charge on any atom is -0.497 e.